The lowest BCUT2D eigenvalue weighted by Gasteiger charge is -2.24. The summed E-state index contributed by atoms with van der Waals surface area (Å²) >= 11 is 0. The Balaban J connectivity index is 1.97. The zero-order valence-corrected chi connectivity index (χ0v) is 10.9. The zero-order chi connectivity index (χ0) is 12.3. The molecule has 1 saturated carbocycles. The van der Waals surface area contributed by atoms with E-state index in [4.69, 9.17) is 5.73 Å². The fraction of sp³-hybridized carbons (Fsp3) is 0.714. The van der Waals surface area contributed by atoms with Crippen LogP contribution in [-0.2, 0) is 6.42 Å². The second kappa shape index (κ2) is 5.58. The lowest BCUT2D eigenvalue weighted by atomic mass is 9.82. The van der Waals surface area contributed by atoms with E-state index in [1.807, 2.05) is 19.3 Å². The molecule has 0 saturated heterocycles. The van der Waals surface area contributed by atoms with E-state index >= 15 is 0 Å². The molecule has 2 N–H and O–H groups in total. The van der Waals surface area contributed by atoms with Crippen LogP contribution in [-0.4, -0.2) is 16.0 Å². The van der Waals surface area contributed by atoms with E-state index in [-0.39, 0.29) is 6.04 Å². The number of hydrogen-bond acceptors (Lipinski definition) is 3. The molecule has 1 unspecified atom stereocenters. The van der Waals surface area contributed by atoms with Gasteiger partial charge in [0.25, 0.3) is 0 Å². The predicted molar refractivity (Wildman–Crippen MR) is 69.8 cm³/mol. The summed E-state index contributed by atoms with van der Waals surface area (Å²) in [5.74, 6) is 2.49. The van der Waals surface area contributed by atoms with Crippen molar-refractivity contribution >= 4 is 0 Å². The van der Waals surface area contributed by atoms with Crippen molar-refractivity contribution in [2.75, 3.05) is 0 Å². The third kappa shape index (κ3) is 3.50. The quantitative estimate of drug-likeness (QED) is 0.873. The minimum Gasteiger partial charge on any atom is -0.328 e. The molecule has 1 aromatic rings. The maximum atomic E-state index is 5.76. The summed E-state index contributed by atoms with van der Waals surface area (Å²) in [6.07, 6.45) is 9.88. The van der Waals surface area contributed by atoms with E-state index < -0.39 is 0 Å². The van der Waals surface area contributed by atoms with Crippen LogP contribution in [0.3, 0.4) is 0 Å². The highest BCUT2D eigenvalue weighted by molar-refractivity contribution is 5.09. The summed E-state index contributed by atoms with van der Waals surface area (Å²) in [5.41, 5.74) is 6.91. The first-order valence-corrected chi connectivity index (χ1v) is 6.71. The van der Waals surface area contributed by atoms with Crippen LogP contribution >= 0.6 is 0 Å². The normalized spacial score (nSPS) is 26.8. The van der Waals surface area contributed by atoms with Gasteiger partial charge in [-0.05, 0) is 37.7 Å². The van der Waals surface area contributed by atoms with Gasteiger partial charge in [0.15, 0.2) is 0 Å². The molecule has 1 atom stereocenters. The summed E-state index contributed by atoms with van der Waals surface area (Å²) in [5, 5.41) is 0. The Morgan fingerprint density at radius 2 is 1.82 bits per heavy atom. The number of rotatable bonds is 3. The van der Waals surface area contributed by atoms with E-state index in [9.17, 15) is 0 Å². The van der Waals surface area contributed by atoms with Gasteiger partial charge in [0, 0.05) is 24.4 Å². The molecule has 2 rings (SSSR count). The summed E-state index contributed by atoms with van der Waals surface area (Å²) < 4.78 is 0. The third-order valence-electron chi connectivity index (χ3n) is 3.66. The van der Waals surface area contributed by atoms with Gasteiger partial charge in [-0.1, -0.05) is 19.8 Å². The first-order chi connectivity index (χ1) is 8.15. The van der Waals surface area contributed by atoms with Gasteiger partial charge in [0.1, 0.15) is 5.82 Å². The van der Waals surface area contributed by atoms with E-state index in [1.165, 1.54) is 25.7 Å². The lowest BCUT2D eigenvalue weighted by Crippen LogP contribution is -2.18. The number of hydrogen-bond donors (Lipinski definition) is 1. The number of nitrogens with two attached hydrogens (primary N) is 1. The summed E-state index contributed by atoms with van der Waals surface area (Å²) in [6, 6.07) is 0.181. The fourth-order valence-corrected chi connectivity index (χ4v) is 2.57. The van der Waals surface area contributed by atoms with E-state index in [1.54, 1.807) is 0 Å². The van der Waals surface area contributed by atoms with Crippen molar-refractivity contribution in [2.45, 2.75) is 57.9 Å². The predicted octanol–water partition coefficient (Wildman–Crippen LogP) is 2.66. The van der Waals surface area contributed by atoms with E-state index in [2.05, 4.69) is 16.9 Å². The smallest absolute Gasteiger partial charge is 0.131 e. The Morgan fingerprint density at radius 1 is 1.24 bits per heavy atom. The van der Waals surface area contributed by atoms with Gasteiger partial charge in [-0.3, -0.25) is 0 Å². The monoisotopic (exact) mass is 233 g/mol. The van der Waals surface area contributed by atoms with Crippen LogP contribution in [0.15, 0.2) is 12.4 Å². The molecule has 1 fully saturated rings. The van der Waals surface area contributed by atoms with Gasteiger partial charge in [-0.25, -0.2) is 9.97 Å². The number of aromatic nitrogens is 2. The second-order valence-corrected chi connectivity index (χ2v) is 5.59. The molecule has 0 bridgehead atoms. The summed E-state index contributed by atoms with van der Waals surface area (Å²) in [4.78, 5) is 9.03. The first kappa shape index (κ1) is 12.5. The lowest BCUT2D eigenvalue weighted by molar-refractivity contribution is 0.339. The van der Waals surface area contributed by atoms with Crippen molar-refractivity contribution in [3.8, 4) is 0 Å². The van der Waals surface area contributed by atoms with Crippen molar-refractivity contribution < 1.29 is 0 Å². The third-order valence-corrected chi connectivity index (χ3v) is 3.66. The Bertz CT molecular complexity index is 337. The van der Waals surface area contributed by atoms with Crippen molar-refractivity contribution in [3.63, 3.8) is 0 Å². The van der Waals surface area contributed by atoms with Crippen LogP contribution in [0.2, 0.25) is 0 Å². The molecule has 0 spiro atoms. The minimum absolute atomic E-state index is 0.181. The molecule has 0 radical (unpaired) electrons. The Kier molecular flexibility index (Phi) is 4.11. The van der Waals surface area contributed by atoms with Gasteiger partial charge in [0.2, 0.25) is 0 Å². The van der Waals surface area contributed by atoms with Gasteiger partial charge >= 0.3 is 0 Å². The van der Waals surface area contributed by atoms with Crippen LogP contribution in [0.4, 0.5) is 0 Å². The maximum Gasteiger partial charge on any atom is 0.131 e. The molecule has 94 valence electrons. The van der Waals surface area contributed by atoms with Crippen LogP contribution in [0.5, 0.6) is 0 Å². The Hall–Kier alpha value is -0.960. The van der Waals surface area contributed by atoms with Gasteiger partial charge in [-0.2, -0.15) is 0 Å². The molecule has 0 amide bonds. The molecule has 17 heavy (non-hydrogen) atoms. The molecule has 3 nitrogen and oxygen atoms in total. The molecule has 1 aliphatic carbocycles. The second-order valence-electron chi connectivity index (χ2n) is 5.59. The molecule has 0 aliphatic heterocycles. The van der Waals surface area contributed by atoms with Crippen LogP contribution in [0.25, 0.3) is 0 Å². The fourth-order valence-electron chi connectivity index (χ4n) is 2.57. The molecule has 1 heterocycles. The van der Waals surface area contributed by atoms with Crippen molar-refractivity contribution in [1.29, 1.82) is 0 Å². The van der Waals surface area contributed by atoms with Gasteiger partial charge < -0.3 is 5.73 Å². The Labute approximate surface area is 104 Å². The van der Waals surface area contributed by atoms with Crippen molar-refractivity contribution in [3.05, 3.63) is 23.8 Å². The Morgan fingerprint density at radius 3 is 2.35 bits per heavy atom. The molecule has 3 heteroatoms. The molecular weight excluding hydrogens is 210 g/mol. The molecule has 1 aromatic heterocycles. The topological polar surface area (TPSA) is 51.8 Å². The van der Waals surface area contributed by atoms with Crippen molar-refractivity contribution in [1.82, 2.24) is 9.97 Å². The van der Waals surface area contributed by atoms with Gasteiger partial charge in [-0.15, -0.1) is 0 Å². The van der Waals surface area contributed by atoms with Crippen LogP contribution < -0.4 is 5.73 Å². The number of nitrogens with zero attached hydrogens (tertiary/aromatic N) is 2. The standard InChI is InChI=1S/C14H23N3/c1-10-3-5-13(6-4-10)14-16-8-12(9-17-14)7-11(2)15/h8-11,13H,3-7,15H2,1-2H3. The maximum absolute atomic E-state index is 5.76. The highest BCUT2D eigenvalue weighted by Crippen LogP contribution is 2.33. The highest BCUT2D eigenvalue weighted by Gasteiger charge is 2.21. The average Bonchev–Trinajstić information content (AvgIpc) is 2.30. The van der Waals surface area contributed by atoms with Crippen LogP contribution in [0, 0.1) is 5.92 Å². The van der Waals surface area contributed by atoms with Crippen molar-refractivity contribution in [2.24, 2.45) is 11.7 Å². The van der Waals surface area contributed by atoms with E-state index in [0.29, 0.717) is 5.92 Å². The largest absolute Gasteiger partial charge is 0.328 e. The minimum atomic E-state index is 0.181. The molecule has 0 aromatic carbocycles. The van der Waals surface area contributed by atoms with Gasteiger partial charge in [0.05, 0.1) is 0 Å². The first-order valence-electron chi connectivity index (χ1n) is 6.71. The molecular formula is C14H23N3. The molecule has 1 aliphatic rings. The summed E-state index contributed by atoms with van der Waals surface area (Å²) in [6.45, 7) is 4.35. The average molecular weight is 233 g/mol. The van der Waals surface area contributed by atoms with Crippen LogP contribution in [0.1, 0.15) is 56.8 Å². The SMILES string of the molecule is CC(N)Cc1cnc(C2CCC(C)CC2)nc1. The highest BCUT2D eigenvalue weighted by atomic mass is 14.9. The van der Waals surface area contributed by atoms with E-state index in [0.717, 1.165) is 23.7 Å². The zero-order valence-electron chi connectivity index (χ0n) is 10.9. The summed E-state index contributed by atoms with van der Waals surface area (Å²) in [7, 11) is 0.